The Kier molecular flexibility index (Phi) is 5.71. The molecule has 1 aromatic heterocycles. The van der Waals surface area contributed by atoms with Crippen LogP contribution in [0.25, 0.3) is 22.4 Å². The highest BCUT2D eigenvalue weighted by molar-refractivity contribution is 7.04. The fourth-order valence-corrected chi connectivity index (χ4v) is 3.58. The summed E-state index contributed by atoms with van der Waals surface area (Å²) in [4.78, 5) is 0. The lowest BCUT2D eigenvalue weighted by molar-refractivity contribution is 0.316. The fourth-order valence-electron chi connectivity index (χ4n) is 2.88. The molecule has 0 aliphatic carbocycles. The van der Waals surface area contributed by atoms with Gasteiger partial charge in [0.15, 0.2) is 11.5 Å². The lowest BCUT2D eigenvalue weighted by Crippen LogP contribution is -1.96. The molecule has 7 heteroatoms. The molecule has 0 saturated carbocycles. The third-order valence-electron chi connectivity index (χ3n) is 4.10. The minimum Gasteiger partial charge on any atom is -0.502 e. The average molecular weight is 387 g/mol. The number of aromatic nitrogens is 1. The van der Waals surface area contributed by atoms with E-state index < -0.39 is 0 Å². The molecule has 2 aromatic carbocycles. The van der Waals surface area contributed by atoms with Gasteiger partial charge in [0, 0.05) is 22.1 Å². The molecule has 0 unspecified atom stereocenters. The molecule has 27 heavy (non-hydrogen) atoms. The summed E-state index contributed by atoms with van der Waals surface area (Å²) in [7, 11) is 4.49. The summed E-state index contributed by atoms with van der Waals surface area (Å²) in [5.74, 6) is 1.64. The molecule has 6 nitrogen and oxygen atoms in total. The van der Waals surface area contributed by atoms with Gasteiger partial charge < -0.3 is 24.1 Å². The van der Waals surface area contributed by atoms with Crippen LogP contribution in [0.5, 0.6) is 28.7 Å². The fraction of sp³-hybridized carbons (Fsp3) is 0.250. The monoisotopic (exact) mass is 387 g/mol. The maximum Gasteiger partial charge on any atom is 0.207 e. The molecule has 0 bridgehead atoms. The number of nitrogens with zero attached hydrogens (tertiary/aromatic N) is 1. The summed E-state index contributed by atoms with van der Waals surface area (Å²) in [5, 5.41) is 12.5. The molecule has 0 fully saturated rings. The Bertz CT molecular complexity index is 921. The molecular weight excluding hydrogens is 366 g/mol. The predicted octanol–water partition coefficient (Wildman–Crippen LogP) is 4.61. The van der Waals surface area contributed by atoms with Crippen LogP contribution in [0, 0.1) is 0 Å². The predicted molar refractivity (Wildman–Crippen MR) is 105 cm³/mol. The Hall–Kier alpha value is -2.93. The van der Waals surface area contributed by atoms with Crippen LogP contribution in [-0.4, -0.2) is 37.4 Å². The Labute approximate surface area is 162 Å². The lowest BCUT2D eigenvalue weighted by atomic mass is 10.00. The van der Waals surface area contributed by atoms with Crippen molar-refractivity contribution in [2.75, 3.05) is 27.9 Å². The molecule has 0 radical (unpaired) electrons. The van der Waals surface area contributed by atoms with Crippen molar-refractivity contribution in [1.29, 1.82) is 0 Å². The van der Waals surface area contributed by atoms with Crippen molar-refractivity contribution in [3.8, 4) is 51.1 Å². The molecule has 0 saturated heterocycles. The molecule has 0 amide bonds. The second kappa shape index (κ2) is 8.18. The van der Waals surface area contributed by atoms with E-state index >= 15 is 0 Å². The second-order valence-electron chi connectivity index (χ2n) is 5.58. The average Bonchev–Trinajstić information content (AvgIpc) is 3.17. The van der Waals surface area contributed by atoms with Gasteiger partial charge in [-0.05, 0) is 48.8 Å². The quantitative estimate of drug-likeness (QED) is 0.639. The number of ether oxygens (including phenoxy) is 4. The van der Waals surface area contributed by atoms with Gasteiger partial charge in [-0.2, -0.15) is 4.37 Å². The Morgan fingerprint density at radius 2 is 1.67 bits per heavy atom. The molecule has 0 spiro atoms. The van der Waals surface area contributed by atoms with Gasteiger partial charge in [0.2, 0.25) is 11.5 Å². The number of phenolic OH excluding ortho intramolecular Hbond substituents is 1. The number of rotatable bonds is 7. The van der Waals surface area contributed by atoms with Crippen LogP contribution in [-0.2, 0) is 0 Å². The van der Waals surface area contributed by atoms with E-state index in [4.69, 9.17) is 18.9 Å². The van der Waals surface area contributed by atoms with Crippen LogP contribution in [0.3, 0.4) is 0 Å². The summed E-state index contributed by atoms with van der Waals surface area (Å²) in [6.07, 6.45) is 0. The SMILES string of the molecule is CCOc1ccc(-c2nscc2-c2cc(OC)c(OC)c(O)c2OC)cc1. The van der Waals surface area contributed by atoms with E-state index in [1.54, 1.807) is 6.07 Å². The van der Waals surface area contributed by atoms with Crippen LogP contribution in [0.15, 0.2) is 35.7 Å². The van der Waals surface area contributed by atoms with E-state index in [1.165, 1.54) is 32.9 Å². The lowest BCUT2D eigenvalue weighted by Gasteiger charge is -2.16. The summed E-state index contributed by atoms with van der Waals surface area (Å²) in [5.41, 5.74) is 3.22. The van der Waals surface area contributed by atoms with Gasteiger partial charge in [0.05, 0.1) is 33.6 Å². The summed E-state index contributed by atoms with van der Waals surface area (Å²) in [6, 6.07) is 9.50. The van der Waals surface area contributed by atoms with Crippen molar-refractivity contribution in [3.63, 3.8) is 0 Å². The van der Waals surface area contributed by atoms with E-state index in [-0.39, 0.29) is 11.5 Å². The highest BCUT2D eigenvalue weighted by Gasteiger charge is 2.23. The Morgan fingerprint density at radius 1 is 0.963 bits per heavy atom. The number of phenols is 1. The number of benzene rings is 2. The highest BCUT2D eigenvalue weighted by atomic mass is 32.1. The van der Waals surface area contributed by atoms with Crippen molar-refractivity contribution < 1.29 is 24.1 Å². The third-order valence-corrected chi connectivity index (χ3v) is 4.73. The van der Waals surface area contributed by atoms with Crippen molar-refractivity contribution >= 4 is 11.5 Å². The van der Waals surface area contributed by atoms with E-state index in [0.717, 1.165) is 22.6 Å². The van der Waals surface area contributed by atoms with Crippen LogP contribution in [0.4, 0.5) is 0 Å². The number of methoxy groups -OCH3 is 3. The third kappa shape index (κ3) is 3.50. The second-order valence-corrected chi connectivity index (χ2v) is 6.20. The summed E-state index contributed by atoms with van der Waals surface area (Å²) < 4.78 is 26.1. The van der Waals surface area contributed by atoms with Gasteiger partial charge in [-0.15, -0.1) is 0 Å². The van der Waals surface area contributed by atoms with Crippen LogP contribution >= 0.6 is 11.5 Å². The van der Waals surface area contributed by atoms with Crippen molar-refractivity contribution in [2.24, 2.45) is 0 Å². The molecule has 1 heterocycles. The smallest absolute Gasteiger partial charge is 0.207 e. The first-order valence-corrected chi connectivity index (χ1v) is 9.18. The van der Waals surface area contributed by atoms with Crippen molar-refractivity contribution in [2.45, 2.75) is 6.92 Å². The van der Waals surface area contributed by atoms with E-state index in [1.807, 2.05) is 36.6 Å². The number of hydrogen-bond acceptors (Lipinski definition) is 7. The Morgan fingerprint density at radius 3 is 2.26 bits per heavy atom. The molecule has 0 atom stereocenters. The molecular formula is C20H21NO5S. The zero-order valence-corrected chi connectivity index (χ0v) is 16.4. The van der Waals surface area contributed by atoms with Gasteiger partial charge in [-0.1, -0.05) is 0 Å². The normalized spacial score (nSPS) is 10.5. The first-order chi connectivity index (χ1) is 13.1. The number of hydrogen-bond donors (Lipinski definition) is 1. The maximum atomic E-state index is 10.6. The Balaban J connectivity index is 2.13. The molecule has 3 aromatic rings. The van der Waals surface area contributed by atoms with Crippen LogP contribution < -0.4 is 18.9 Å². The first kappa shape index (κ1) is 18.8. The minimum absolute atomic E-state index is 0.113. The van der Waals surface area contributed by atoms with Gasteiger partial charge >= 0.3 is 0 Å². The largest absolute Gasteiger partial charge is 0.502 e. The molecule has 1 N–H and O–H groups in total. The van der Waals surface area contributed by atoms with Gasteiger partial charge in [0.25, 0.3) is 0 Å². The van der Waals surface area contributed by atoms with E-state index in [2.05, 4.69) is 4.37 Å². The maximum absolute atomic E-state index is 10.6. The standard InChI is InChI=1S/C20H21NO5S/c1-5-26-13-8-6-12(7-9-13)17-15(11-27-21-17)14-10-16(23-2)20(25-4)18(22)19(14)24-3/h6-11,22H,5H2,1-4H3. The zero-order chi connectivity index (χ0) is 19.4. The van der Waals surface area contributed by atoms with Gasteiger partial charge in [-0.25, -0.2) is 0 Å². The topological polar surface area (TPSA) is 70.0 Å². The van der Waals surface area contributed by atoms with Crippen molar-refractivity contribution in [3.05, 3.63) is 35.7 Å². The van der Waals surface area contributed by atoms with E-state index in [0.29, 0.717) is 23.7 Å². The first-order valence-electron chi connectivity index (χ1n) is 8.34. The van der Waals surface area contributed by atoms with Crippen molar-refractivity contribution in [1.82, 2.24) is 4.37 Å². The molecule has 0 aliphatic rings. The van der Waals surface area contributed by atoms with Crippen LogP contribution in [0.1, 0.15) is 6.92 Å². The van der Waals surface area contributed by atoms with Gasteiger partial charge in [0.1, 0.15) is 5.75 Å². The van der Waals surface area contributed by atoms with E-state index in [9.17, 15) is 5.11 Å². The molecule has 0 aliphatic heterocycles. The minimum atomic E-state index is -0.113. The van der Waals surface area contributed by atoms with Crippen LogP contribution in [0.2, 0.25) is 0 Å². The zero-order valence-electron chi connectivity index (χ0n) is 15.6. The highest BCUT2D eigenvalue weighted by Crippen LogP contribution is 2.51. The summed E-state index contributed by atoms with van der Waals surface area (Å²) in [6.45, 7) is 2.56. The van der Waals surface area contributed by atoms with Gasteiger partial charge in [-0.3, -0.25) is 0 Å². The summed E-state index contributed by atoms with van der Waals surface area (Å²) >= 11 is 1.33. The molecule has 142 valence electrons. The molecule has 3 rings (SSSR count). The number of aromatic hydroxyl groups is 1.